The van der Waals surface area contributed by atoms with Gasteiger partial charge in [-0.05, 0) is 111 Å². The van der Waals surface area contributed by atoms with Gasteiger partial charge in [0.15, 0.2) is 6.29 Å². The molecule has 0 spiro atoms. The van der Waals surface area contributed by atoms with Gasteiger partial charge in [-0.15, -0.1) is 0 Å². The molecule has 274 valence electrons. The van der Waals surface area contributed by atoms with Crippen LogP contribution in [0.3, 0.4) is 0 Å². The van der Waals surface area contributed by atoms with Gasteiger partial charge in [0.2, 0.25) is 0 Å². The second-order valence-corrected chi connectivity index (χ2v) is 14.5. The van der Waals surface area contributed by atoms with Crippen molar-refractivity contribution in [3.05, 3.63) is 48.6 Å². The van der Waals surface area contributed by atoms with Gasteiger partial charge in [0.05, 0.1) is 6.10 Å². The van der Waals surface area contributed by atoms with E-state index in [1.165, 1.54) is 161 Å². The highest BCUT2D eigenvalue weighted by Crippen LogP contribution is 2.31. The van der Waals surface area contributed by atoms with Crippen molar-refractivity contribution in [2.24, 2.45) is 0 Å². The third kappa shape index (κ3) is 31.8. The molecule has 0 radical (unpaired) electrons. The summed E-state index contributed by atoms with van der Waals surface area (Å²) in [4.78, 5) is 2.26. The summed E-state index contributed by atoms with van der Waals surface area (Å²) in [6.45, 7) is 5.68. The predicted octanol–water partition coefficient (Wildman–Crippen LogP) is 13.8. The van der Waals surface area contributed by atoms with E-state index < -0.39 is 0 Å². The monoisotopic (exact) mass is 656 g/mol. The van der Waals surface area contributed by atoms with E-state index in [0.29, 0.717) is 12.2 Å². The van der Waals surface area contributed by atoms with Crippen LogP contribution in [0.1, 0.15) is 194 Å². The van der Waals surface area contributed by atoms with E-state index in [2.05, 4.69) is 81.5 Å². The van der Waals surface area contributed by atoms with Crippen molar-refractivity contribution in [1.29, 1.82) is 0 Å². The molecule has 3 nitrogen and oxygen atoms in total. The predicted molar refractivity (Wildman–Crippen MR) is 209 cm³/mol. The molecular weight excluding hydrogens is 574 g/mol. The summed E-state index contributed by atoms with van der Waals surface area (Å²) in [5.41, 5.74) is 0. The Kier molecular flexibility index (Phi) is 32.4. The molecule has 0 aromatic carbocycles. The van der Waals surface area contributed by atoms with Crippen LogP contribution >= 0.6 is 0 Å². The van der Waals surface area contributed by atoms with Gasteiger partial charge in [0.25, 0.3) is 0 Å². The average Bonchev–Trinajstić information content (AvgIpc) is 3.81. The Labute approximate surface area is 295 Å². The first-order chi connectivity index (χ1) is 23.2. The largest absolute Gasteiger partial charge is 0.347 e. The molecule has 0 aliphatic carbocycles. The SMILES string of the molecule is CCCCC/C=C\C/C=C\CCCCCCCCC(CCCCCCCC/C=C\C/C=C\CCCCC)OC1OC1CCCN(C)C. The molecule has 2 unspecified atom stereocenters. The molecule has 47 heavy (non-hydrogen) atoms. The topological polar surface area (TPSA) is 25.0 Å². The van der Waals surface area contributed by atoms with Crippen LogP contribution in [0.5, 0.6) is 0 Å². The molecule has 0 saturated carbocycles. The molecule has 1 heterocycles. The van der Waals surface area contributed by atoms with E-state index in [1.807, 2.05) is 0 Å². The Morgan fingerprint density at radius 3 is 1.34 bits per heavy atom. The minimum absolute atomic E-state index is 0.0661. The number of unbranched alkanes of at least 4 members (excludes halogenated alkanes) is 18. The minimum atomic E-state index is 0.0661. The van der Waals surface area contributed by atoms with E-state index in [1.54, 1.807) is 0 Å². The number of allylic oxidation sites excluding steroid dienone is 8. The van der Waals surface area contributed by atoms with Crippen molar-refractivity contribution in [1.82, 2.24) is 4.90 Å². The highest BCUT2D eigenvalue weighted by Gasteiger charge is 2.40. The van der Waals surface area contributed by atoms with Crippen LogP contribution in [0.25, 0.3) is 0 Å². The summed E-state index contributed by atoms with van der Waals surface area (Å²) in [5, 5.41) is 0. The van der Waals surface area contributed by atoms with Gasteiger partial charge in [0, 0.05) is 0 Å². The molecule has 3 heteroatoms. The molecule has 0 aromatic heterocycles. The Balaban J connectivity index is 2.12. The first kappa shape index (κ1) is 43.9. The van der Waals surface area contributed by atoms with Crippen molar-refractivity contribution in [3.63, 3.8) is 0 Å². The lowest BCUT2D eigenvalue weighted by Crippen LogP contribution is -2.17. The van der Waals surface area contributed by atoms with Crippen LogP contribution in [0.2, 0.25) is 0 Å². The lowest BCUT2D eigenvalue weighted by Gasteiger charge is -2.17. The van der Waals surface area contributed by atoms with Gasteiger partial charge in [-0.3, -0.25) is 0 Å². The standard InChI is InChI=1S/C44H81NO2/c1-5-7-9-11-13-15-17-19-21-23-25-27-29-31-33-35-38-42(46-44-43(47-44)40-37-41-45(3)4)39-36-34-32-30-28-26-24-22-20-18-16-14-12-10-8-6-2/h13-16,19-22,42-44H,5-12,17-18,23-41H2,1-4H3/b15-13-,16-14-,21-19-,22-20-. The minimum Gasteiger partial charge on any atom is -0.347 e. The lowest BCUT2D eigenvalue weighted by molar-refractivity contribution is -0.0214. The van der Waals surface area contributed by atoms with Crippen LogP contribution in [0.4, 0.5) is 0 Å². The van der Waals surface area contributed by atoms with Gasteiger partial charge >= 0.3 is 0 Å². The number of ether oxygens (including phenoxy) is 2. The molecule has 0 N–H and O–H groups in total. The van der Waals surface area contributed by atoms with Crippen LogP contribution in [-0.4, -0.2) is 44.0 Å². The number of nitrogens with zero attached hydrogens (tertiary/aromatic N) is 1. The zero-order valence-electron chi connectivity index (χ0n) is 32.1. The molecule has 0 amide bonds. The van der Waals surface area contributed by atoms with Gasteiger partial charge in [-0.2, -0.15) is 0 Å². The maximum Gasteiger partial charge on any atom is 0.184 e. The van der Waals surface area contributed by atoms with Crippen molar-refractivity contribution in [3.8, 4) is 0 Å². The van der Waals surface area contributed by atoms with Crippen LogP contribution in [0.15, 0.2) is 48.6 Å². The Bertz CT molecular complexity index is 706. The second kappa shape index (κ2) is 34.7. The summed E-state index contributed by atoms with van der Waals surface area (Å²) < 4.78 is 12.5. The Morgan fingerprint density at radius 1 is 0.511 bits per heavy atom. The quantitative estimate of drug-likeness (QED) is 0.0381. The number of hydrogen-bond donors (Lipinski definition) is 0. The Hall–Kier alpha value is -1.16. The number of epoxide rings is 1. The zero-order chi connectivity index (χ0) is 33.9. The van der Waals surface area contributed by atoms with Gasteiger partial charge in [-0.1, -0.05) is 152 Å². The smallest absolute Gasteiger partial charge is 0.184 e. The fraction of sp³-hybridized carbons (Fsp3) is 0.818. The van der Waals surface area contributed by atoms with E-state index in [4.69, 9.17) is 9.47 Å². The highest BCUT2D eigenvalue weighted by molar-refractivity contribution is 4.93. The Morgan fingerprint density at radius 2 is 0.915 bits per heavy atom. The molecule has 1 fully saturated rings. The maximum absolute atomic E-state index is 6.52. The van der Waals surface area contributed by atoms with E-state index in [9.17, 15) is 0 Å². The zero-order valence-corrected chi connectivity index (χ0v) is 32.1. The van der Waals surface area contributed by atoms with E-state index >= 15 is 0 Å². The maximum atomic E-state index is 6.52. The highest BCUT2D eigenvalue weighted by atomic mass is 16.8. The molecule has 1 aliphatic rings. The van der Waals surface area contributed by atoms with Crippen molar-refractivity contribution in [2.45, 2.75) is 212 Å². The van der Waals surface area contributed by atoms with Gasteiger partial charge < -0.3 is 14.4 Å². The van der Waals surface area contributed by atoms with Crippen LogP contribution < -0.4 is 0 Å². The van der Waals surface area contributed by atoms with Crippen LogP contribution in [0, 0.1) is 0 Å². The third-order valence-electron chi connectivity index (χ3n) is 9.41. The summed E-state index contributed by atoms with van der Waals surface area (Å²) >= 11 is 0. The second-order valence-electron chi connectivity index (χ2n) is 14.5. The summed E-state index contributed by atoms with van der Waals surface area (Å²) in [6.07, 6.45) is 55.8. The van der Waals surface area contributed by atoms with Gasteiger partial charge in [-0.25, -0.2) is 0 Å². The summed E-state index contributed by atoms with van der Waals surface area (Å²) in [6, 6.07) is 0. The molecule has 1 saturated heterocycles. The van der Waals surface area contributed by atoms with Crippen LogP contribution in [-0.2, 0) is 9.47 Å². The molecule has 1 aliphatic heterocycles. The van der Waals surface area contributed by atoms with E-state index in [0.717, 1.165) is 25.8 Å². The molecular formula is C44H81NO2. The van der Waals surface area contributed by atoms with Crippen molar-refractivity contribution < 1.29 is 9.47 Å². The van der Waals surface area contributed by atoms with Crippen molar-refractivity contribution in [2.75, 3.05) is 20.6 Å². The number of rotatable bonds is 36. The summed E-state index contributed by atoms with van der Waals surface area (Å²) in [5.74, 6) is 0. The van der Waals surface area contributed by atoms with E-state index in [-0.39, 0.29) is 6.29 Å². The average molecular weight is 656 g/mol. The lowest BCUT2D eigenvalue weighted by atomic mass is 10.0. The third-order valence-corrected chi connectivity index (χ3v) is 9.41. The first-order valence-corrected chi connectivity index (χ1v) is 20.7. The molecule has 2 atom stereocenters. The van der Waals surface area contributed by atoms with Crippen molar-refractivity contribution >= 4 is 0 Å². The fourth-order valence-electron chi connectivity index (χ4n) is 6.25. The molecule has 0 aromatic rings. The normalized spacial score (nSPS) is 16.9. The fourth-order valence-corrected chi connectivity index (χ4v) is 6.25. The molecule has 1 rings (SSSR count). The summed E-state index contributed by atoms with van der Waals surface area (Å²) in [7, 11) is 4.30. The number of hydrogen-bond acceptors (Lipinski definition) is 3. The first-order valence-electron chi connectivity index (χ1n) is 20.7. The van der Waals surface area contributed by atoms with Gasteiger partial charge in [0.1, 0.15) is 6.10 Å². The molecule has 0 bridgehead atoms.